The Balaban J connectivity index is 2.26. The van der Waals surface area contributed by atoms with Gasteiger partial charge in [-0.05, 0) is 39.3 Å². The Bertz CT molecular complexity index is 738. The first-order valence-corrected chi connectivity index (χ1v) is 8.98. The maximum atomic E-state index is 12.7. The molecule has 0 aliphatic heterocycles. The summed E-state index contributed by atoms with van der Waals surface area (Å²) in [5, 5.41) is 0. The van der Waals surface area contributed by atoms with Crippen molar-refractivity contribution in [1.82, 2.24) is 4.90 Å². The van der Waals surface area contributed by atoms with Crippen LogP contribution in [0.1, 0.15) is 38.8 Å². The number of nitrogens with zero attached hydrogens (tertiary/aromatic N) is 1. The molecule has 0 radical (unpaired) electrons. The van der Waals surface area contributed by atoms with Crippen LogP contribution in [0.25, 0.3) is 11.8 Å². The molecule has 0 spiro atoms. The van der Waals surface area contributed by atoms with E-state index >= 15 is 0 Å². The Morgan fingerprint density at radius 3 is 1.96 bits per heavy atom. The fourth-order valence-corrected chi connectivity index (χ4v) is 2.77. The molecular weight excluding hydrogens is 322 g/mol. The lowest BCUT2D eigenvalue weighted by molar-refractivity contribution is 0.114. The highest BCUT2D eigenvalue weighted by Gasteiger charge is 2.23. The maximum Gasteiger partial charge on any atom is 0.415 e. The van der Waals surface area contributed by atoms with Gasteiger partial charge in [0.25, 0.3) is 0 Å². The molecule has 0 unspecified atom stereocenters. The summed E-state index contributed by atoms with van der Waals surface area (Å²) < 4.78 is 5.76. The lowest BCUT2D eigenvalue weighted by Gasteiger charge is -2.30. The van der Waals surface area contributed by atoms with E-state index in [1.54, 1.807) is 4.90 Å². The summed E-state index contributed by atoms with van der Waals surface area (Å²) in [7, 11) is 0. The van der Waals surface area contributed by atoms with E-state index in [1.807, 2.05) is 107 Å². The van der Waals surface area contributed by atoms with Gasteiger partial charge in [0.05, 0.1) is 0 Å². The second kappa shape index (κ2) is 9.62. The number of amides is 1. The van der Waals surface area contributed by atoms with Crippen LogP contribution in [0.15, 0.2) is 72.8 Å². The van der Waals surface area contributed by atoms with Gasteiger partial charge in [0.2, 0.25) is 0 Å². The molecule has 3 nitrogen and oxygen atoms in total. The quantitative estimate of drug-likeness (QED) is 0.473. The molecule has 2 rings (SSSR count). The molecule has 0 aromatic heterocycles. The monoisotopic (exact) mass is 349 g/mol. The van der Waals surface area contributed by atoms with Crippen LogP contribution in [0.3, 0.4) is 0 Å². The second-order valence-corrected chi connectivity index (χ2v) is 6.63. The van der Waals surface area contributed by atoms with Crippen LogP contribution < -0.4 is 0 Å². The number of carbonyl (C=O) groups excluding carboxylic acids is 1. The Labute approximate surface area is 156 Å². The highest BCUT2D eigenvalue weighted by molar-refractivity contribution is 5.78. The van der Waals surface area contributed by atoms with Gasteiger partial charge in [-0.1, -0.05) is 72.8 Å². The zero-order valence-electron chi connectivity index (χ0n) is 15.9. The lowest BCUT2D eigenvalue weighted by Crippen LogP contribution is -2.42. The third-order valence-electron chi connectivity index (χ3n) is 3.91. The molecule has 0 atom stereocenters. The van der Waals surface area contributed by atoms with Crippen LogP contribution in [0.5, 0.6) is 0 Å². The lowest BCUT2D eigenvalue weighted by atomic mass is 10.1. The van der Waals surface area contributed by atoms with Crippen molar-refractivity contribution >= 4 is 17.9 Å². The molecule has 0 aliphatic rings. The molecule has 0 heterocycles. The summed E-state index contributed by atoms with van der Waals surface area (Å²) >= 11 is 0. The van der Waals surface area contributed by atoms with Gasteiger partial charge in [-0.2, -0.15) is 0 Å². The number of allylic oxidation sites excluding steroid dienone is 2. The summed E-state index contributed by atoms with van der Waals surface area (Å²) in [6, 6.07) is 19.8. The molecule has 0 bridgehead atoms. The van der Waals surface area contributed by atoms with Crippen molar-refractivity contribution in [2.75, 3.05) is 0 Å². The molecule has 0 fully saturated rings. The molecule has 2 aromatic carbocycles. The predicted octanol–water partition coefficient (Wildman–Crippen LogP) is 6.00. The van der Waals surface area contributed by atoms with Crippen molar-refractivity contribution in [3.05, 3.63) is 83.9 Å². The van der Waals surface area contributed by atoms with Gasteiger partial charge in [-0.25, -0.2) is 4.79 Å². The minimum absolute atomic E-state index is 0.0689. The summed E-state index contributed by atoms with van der Waals surface area (Å²) in [4.78, 5) is 14.4. The molecular formula is C23H27NO2. The van der Waals surface area contributed by atoms with Crippen LogP contribution in [0, 0.1) is 0 Å². The number of hydrogen-bond donors (Lipinski definition) is 0. The highest BCUT2D eigenvalue weighted by Crippen LogP contribution is 2.19. The van der Waals surface area contributed by atoms with Gasteiger partial charge >= 0.3 is 6.09 Å². The van der Waals surface area contributed by atoms with E-state index in [-0.39, 0.29) is 18.2 Å². The first-order chi connectivity index (χ1) is 12.5. The van der Waals surface area contributed by atoms with Crippen LogP contribution in [0.4, 0.5) is 4.79 Å². The van der Waals surface area contributed by atoms with E-state index in [9.17, 15) is 4.79 Å². The minimum Gasteiger partial charge on any atom is -0.410 e. The third kappa shape index (κ3) is 5.62. The SMILES string of the molecule is CC(C)N(C(=O)O/C(=C/C=C/c1ccccc1)c1ccccc1)C(C)C. The first-order valence-electron chi connectivity index (χ1n) is 8.98. The van der Waals surface area contributed by atoms with Crippen molar-refractivity contribution in [3.63, 3.8) is 0 Å². The zero-order chi connectivity index (χ0) is 18.9. The standard InChI is InChI=1S/C23H27NO2/c1-18(2)24(19(3)4)23(25)26-22(21-15-9-6-10-16-21)17-11-14-20-12-7-5-8-13-20/h5-19H,1-4H3/b14-11+,22-17+. The van der Waals surface area contributed by atoms with E-state index in [1.165, 1.54) is 0 Å². The summed E-state index contributed by atoms with van der Waals surface area (Å²) in [5.74, 6) is 0.536. The molecule has 0 saturated heterocycles. The van der Waals surface area contributed by atoms with E-state index in [0.29, 0.717) is 5.76 Å². The average Bonchev–Trinajstić information content (AvgIpc) is 2.62. The molecule has 26 heavy (non-hydrogen) atoms. The largest absolute Gasteiger partial charge is 0.415 e. The summed E-state index contributed by atoms with van der Waals surface area (Å²) in [6.07, 6.45) is 5.39. The second-order valence-electron chi connectivity index (χ2n) is 6.63. The molecule has 2 aromatic rings. The average molecular weight is 349 g/mol. The van der Waals surface area contributed by atoms with E-state index in [4.69, 9.17) is 4.74 Å². The van der Waals surface area contributed by atoms with Gasteiger partial charge in [-0.15, -0.1) is 0 Å². The molecule has 3 heteroatoms. The molecule has 0 saturated carbocycles. The van der Waals surface area contributed by atoms with Crippen LogP contribution in [0.2, 0.25) is 0 Å². The van der Waals surface area contributed by atoms with Crippen molar-refractivity contribution in [2.45, 2.75) is 39.8 Å². The Morgan fingerprint density at radius 1 is 0.885 bits per heavy atom. The fraction of sp³-hybridized carbons (Fsp3) is 0.261. The van der Waals surface area contributed by atoms with Crippen LogP contribution >= 0.6 is 0 Å². The number of ether oxygens (including phenoxy) is 1. The normalized spacial score (nSPS) is 12.0. The number of benzene rings is 2. The van der Waals surface area contributed by atoms with Crippen LogP contribution in [-0.4, -0.2) is 23.1 Å². The molecule has 136 valence electrons. The highest BCUT2D eigenvalue weighted by atomic mass is 16.6. The van der Waals surface area contributed by atoms with Crippen molar-refractivity contribution in [2.24, 2.45) is 0 Å². The number of carbonyl (C=O) groups is 1. The zero-order valence-corrected chi connectivity index (χ0v) is 15.9. The van der Waals surface area contributed by atoms with E-state index in [0.717, 1.165) is 11.1 Å². The fourth-order valence-electron chi connectivity index (χ4n) is 2.77. The Hall–Kier alpha value is -2.81. The third-order valence-corrected chi connectivity index (χ3v) is 3.91. The first kappa shape index (κ1) is 19.5. The molecule has 1 amide bonds. The van der Waals surface area contributed by atoms with E-state index in [2.05, 4.69) is 0 Å². The Kier molecular flexibility index (Phi) is 7.22. The minimum atomic E-state index is -0.335. The van der Waals surface area contributed by atoms with Crippen LogP contribution in [-0.2, 0) is 4.74 Å². The summed E-state index contributed by atoms with van der Waals surface area (Å²) in [6.45, 7) is 7.95. The van der Waals surface area contributed by atoms with Gasteiger partial charge in [0.1, 0.15) is 5.76 Å². The smallest absolute Gasteiger partial charge is 0.410 e. The van der Waals surface area contributed by atoms with Gasteiger partial charge < -0.3 is 9.64 Å². The van der Waals surface area contributed by atoms with Crippen molar-refractivity contribution in [1.29, 1.82) is 0 Å². The number of rotatable bonds is 6. The van der Waals surface area contributed by atoms with Crippen molar-refractivity contribution < 1.29 is 9.53 Å². The topological polar surface area (TPSA) is 29.5 Å². The predicted molar refractivity (Wildman–Crippen MR) is 108 cm³/mol. The van der Waals surface area contributed by atoms with Crippen molar-refractivity contribution in [3.8, 4) is 0 Å². The number of hydrogen-bond acceptors (Lipinski definition) is 2. The van der Waals surface area contributed by atoms with Gasteiger partial charge in [0.15, 0.2) is 0 Å². The Morgan fingerprint density at radius 2 is 1.42 bits per heavy atom. The summed E-state index contributed by atoms with van der Waals surface area (Å²) in [5.41, 5.74) is 1.96. The molecule has 0 aliphatic carbocycles. The molecule has 0 N–H and O–H groups in total. The van der Waals surface area contributed by atoms with Gasteiger partial charge in [0, 0.05) is 17.6 Å². The van der Waals surface area contributed by atoms with E-state index < -0.39 is 0 Å². The van der Waals surface area contributed by atoms with Gasteiger partial charge in [-0.3, -0.25) is 0 Å². The maximum absolute atomic E-state index is 12.7.